The van der Waals surface area contributed by atoms with Crippen molar-refractivity contribution < 1.29 is 4.74 Å². The molecule has 132 valence electrons. The van der Waals surface area contributed by atoms with E-state index in [9.17, 15) is 0 Å². The van der Waals surface area contributed by atoms with Gasteiger partial charge in [-0.1, -0.05) is 36.8 Å². The van der Waals surface area contributed by atoms with Gasteiger partial charge in [-0.05, 0) is 43.6 Å². The largest absolute Gasteiger partial charge is 0.374 e. The minimum Gasteiger partial charge on any atom is -0.374 e. The fraction of sp³-hybridized carbons (Fsp3) is 0.650. The molecule has 1 aliphatic carbocycles. The van der Waals surface area contributed by atoms with Crippen molar-refractivity contribution in [3.05, 3.63) is 35.9 Å². The number of rotatable bonds is 6. The van der Waals surface area contributed by atoms with E-state index in [1.807, 2.05) is 13.1 Å². The summed E-state index contributed by atoms with van der Waals surface area (Å²) in [6.07, 6.45) is 6.72. The summed E-state index contributed by atoms with van der Waals surface area (Å²) in [5, 5.41) is 3.51. The third-order valence-electron chi connectivity index (χ3n) is 5.60. The molecule has 1 unspecified atom stereocenters. The molecule has 1 heterocycles. The summed E-state index contributed by atoms with van der Waals surface area (Å²) < 4.78 is 5.94. The van der Waals surface area contributed by atoms with Gasteiger partial charge in [0.25, 0.3) is 0 Å². The molecule has 2 fully saturated rings. The molecule has 1 saturated carbocycles. The average molecular weight is 329 g/mol. The number of aliphatic imine (C=N–C) groups is 1. The van der Waals surface area contributed by atoms with Crippen LogP contribution in [0.4, 0.5) is 0 Å². The Kier molecular flexibility index (Phi) is 5.77. The van der Waals surface area contributed by atoms with Gasteiger partial charge in [0, 0.05) is 33.3 Å². The minimum absolute atomic E-state index is 0.155. The Morgan fingerprint density at radius 1 is 1.29 bits per heavy atom. The van der Waals surface area contributed by atoms with Crippen molar-refractivity contribution in [2.24, 2.45) is 10.4 Å². The molecule has 1 N–H and O–H groups in total. The van der Waals surface area contributed by atoms with E-state index in [0.717, 1.165) is 32.1 Å². The quantitative estimate of drug-likeness (QED) is 0.492. The van der Waals surface area contributed by atoms with Crippen LogP contribution in [0, 0.1) is 5.41 Å². The molecule has 0 amide bonds. The van der Waals surface area contributed by atoms with Crippen LogP contribution in [-0.2, 0) is 4.74 Å². The number of benzene rings is 1. The highest BCUT2D eigenvalue weighted by atomic mass is 16.5. The SMILES string of the molecule is CN=C(NCCCOC(C)c1ccccc1)N1CCC2(CCC2)C1. The first-order chi connectivity index (χ1) is 11.7. The molecule has 1 aromatic rings. The highest BCUT2D eigenvalue weighted by Crippen LogP contribution is 2.47. The Balaban J connectivity index is 1.34. The zero-order valence-electron chi connectivity index (χ0n) is 15.1. The zero-order valence-corrected chi connectivity index (χ0v) is 15.1. The van der Waals surface area contributed by atoms with Crippen molar-refractivity contribution in [1.82, 2.24) is 10.2 Å². The predicted octanol–water partition coefficient (Wildman–Crippen LogP) is 3.61. The Labute approximate surface area is 146 Å². The van der Waals surface area contributed by atoms with E-state index in [0.29, 0.717) is 5.41 Å². The van der Waals surface area contributed by atoms with Crippen LogP contribution >= 0.6 is 0 Å². The molecule has 1 atom stereocenters. The van der Waals surface area contributed by atoms with Gasteiger partial charge in [0.2, 0.25) is 0 Å². The third kappa shape index (κ3) is 4.10. The van der Waals surface area contributed by atoms with E-state index in [-0.39, 0.29) is 6.10 Å². The van der Waals surface area contributed by atoms with Crippen LogP contribution < -0.4 is 5.32 Å². The molecule has 3 rings (SSSR count). The molecule has 1 aromatic carbocycles. The van der Waals surface area contributed by atoms with Gasteiger partial charge in [0.05, 0.1) is 6.10 Å². The summed E-state index contributed by atoms with van der Waals surface area (Å²) in [6.45, 7) is 6.14. The lowest BCUT2D eigenvalue weighted by Gasteiger charge is -2.38. The first-order valence-corrected chi connectivity index (χ1v) is 9.35. The Hall–Kier alpha value is -1.55. The summed E-state index contributed by atoms with van der Waals surface area (Å²) in [6, 6.07) is 10.4. The Morgan fingerprint density at radius 3 is 2.71 bits per heavy atom. The lowest BCUT2D eigenvalue weighted by Crippen LogP contribution is -2.43. The number of nitrogens with zero attached hydrogens (tertiary/aromatic N) is 2. The first kappa shape index (κ1) is 17.3. The number of hydrogen-bond acceptors (Lipinski definition) is 2. The van der Waals surface area contributed by atoms with Crippen LogP contribution in [0.3, 0.4) is 0 Å². The maximum absolute atomic E-state index is 5.94. The first-order valence-electron chi connectivity index (χ1n) is 9.35. The second-order valence-corrected chi connectivity index (χ2v) is 7.28. The van der Waals surface area contributed by atoms with Gasteiger partial charge in [0.1, 0.15) is 0 Å². The summed E-state index contributed by atoms with van der Waals surface area (Å²) in [5.41, 5.74) is 1.86. The van der Waals surface area contributed by atoms with Crippen LogP contribution in [0.1, 0.15) is 50.7 Å². The van der Waals surface area contributed by atoms with E-state index in [1.54, 1.807) is 0 Å². The summed E-state index contributed by atoms with van der Waals surface area (Å²) in [7, 11) is 1.89. The van der Waals surface area contributed by atoms with E-state index in [4.69, 9.17) is 4.74 Å². The fourth-order valence-corrected chi connectivity index (χ4v) is 3.89. The molecule has 1 spiro atoms. The normalized spacial score (nSPS) is 20.9. The van der Waals surface area contributed by atoms with E-state index in [1.165, 1.54) is 37.8 Å². The molecule has 2 aliphatic rings. The van der Waals surface area contributed by atoms with E-state index < -0.39 is 0 Å². The smallest absolute Gasteiger partial charge is 0.193 e. The lowest BCUT2D eigenvalue weighted by molar-refractivity contribution is 0.0645. The van der Waals surface area contributed by atoms with E-state index >= 15 is 0 Å². The predicted molar refractivity (Wildman–Crippen MR) is 99.3 cm³/mol. The molecule has 4 heteroatoms. The van der Waals surface area contributed by atoms with Gasteiger partial charge in [-0.25, -0.2) is 0 Å². The van der Waals surface area contributed by atoms with Crippen molar-refractivity contribution in [3.8, 4) is 0 Å². The maximum atomic E-state index is 5.94. The van der Waals surface area contributed by atoms with Gasteiger partial charge in [0.15, 0.2) is 5.96 Å². The van der Waals surface area contributed by atoms with Crippen molar-refractivity contribution in [3.63, 3.8) is 0 Å². The van der Waals surface area contributed by atoms with Crippen molar-refractivity contribution in [2.75, 3.05) is 33.3 Å². The number of guanidine groups is 1. The molecule has 4 nitrogen and oxygen atoms in total. The molecular weight excluding hydrogens is 298 g/mol. The number of likely N-dealkylation sites (tertiary alicyclic amines) is 1. The highest BCUT2D eigenvalue weighted by Gasteiger charge is 2.43. The van der Waals surface area contributed by atoms with Crippen molar-refractivity contribution in [1.29, 1.82) is 0 Å². The minimum atomic E-state index is 0.155. The van der Waals surface area contributed by atoms with E-state index in [2.05, 4.69) is 46.4 Å². The molecule has 1 aliphatic heterocycles. The van der Waals surface area contributed by atoms with Crippen LogP contribution in [0.25, 0.3) is 0 Å². The molecular formula is C20H31N3O. The van der Waals surface area contributed by atoms with Gasteiger partial charge >= 0.3 is 0 Å². The average Bonchev–Trinajstić information content (AvgIpc) is 3.04. The van der Waals surface area contributed by atoms with Gasteiger partial charge in [-0.3, -0.25) is 4.99 Å². The van der Waals surface area contributed by atoms with Crippen molar-refractivity contribution in [2.45, 2.75) is 45.1 Å². The molecule has 24 heavy (non-hydrogen) atoms. The van der Waals surface area contributed by atoms with Gasteiger partial charge < -0.3 is 15.0 Å². The lowest BCUT2D eigenvalue weighted by atomic mass is 9.68. The van der Waals surface area contributed by atoms with Crippen molar-refractivity contribution >= 4 is 5.96 Å². The molecule has 1 saturated heterocycles. The second kappa shape index (κ2) is 8.02. The van der Waals surface area contributed by atoms with Gasteiger partial charge in [-0.2, -0.15) is 0 Å². The standard InChI is InChI=1S/C20H31N3O/c1-17(18-8-4-3-5-9-18)24-15-7-13-22-19(21-2)23-14-12-20(16-23)10-6-11-20/h3-5,8-9,17H,6-7,10-16H2,1-2H3,(H,21,22). The van der Waals surface area contributed by atoms with Crippen LogP contribution in [-0.4, -0.2) is 44.1 Å². The highest BCUT2D eigenvalue weighted by molar-refractivity contribution is 5.80. The topological polar surface area (TPSA) is 36.9 Å². The number of nitrogens with one attached hydrogen (secondary N) is 1. The Bertz CT molecular complexity index is 539. The number of ether oxygens (including phenoxy) is 1. The maximum Gasteiger partial charge on any atom is 0.193 e. The molecule has 0 aromatic heterocycles. The molecule has 0 radical (unpaired) electrons. The summed E-state index contributed by atoms with van der Waals surface area (Å²) in [5.74, 6) is 1.06. The number of hydrogen-bond donors (Lipinski definition) is 1. The third-order valence-corrected chi connectivity index (χ3v) is 5.60. The van der Waals surface area contributed by atoms with Crippen LogP contribution in [0.5, 0.6) is 0 Å². The van der Waals surface area contributed by atoms with Crippen LogP contribution in [0.15, 0.2) is 35.3 Å². The Morgan fingerprint density at radius 2 is 2.08 bits per heavy atom. The summed E-state index contributed by atoms with van der Waals surface area (Å²) in [4.78, 5) is 6.90. The zero-order chi connectivity index (χ0) is 16.8. The monoisotopic (exact) mass is 329 g/mol. The van der Waals surface area contributed by atoms with Gasteiger partial charge in [-0.15, -0.1) is 0 Å². The second-order valence-electron chi connectivity index (χ2n) is 7.28. The fourth-order valence-electron chi connectivity index (χ4n) is 3.89. The summed E-state index contributed by atoms with van der Waals surface area (Å²) >= 11 is 0. The molecule has 0 bridgehead atoms. The van der Waals surface area contributed by atoms with Crippen LogP contribution in [0.2, 0.25) is 0 Å².